The first-order valence-electron chi connectivity index (χ1n) is 9.83. The Morgan fingerprint density at radius 1 is 1.07 bits per heavy atom. The van der Waals surface area contributed by atoms with Crippen LogP contribution in [0.1, 0.15) is 18.9 Å². The molecule has 2 aromatic rings. The van der Waals surface area contributed by atoms with Crippen molar-refractivity contribution < 1.29 is 28.5 Å². The van der Waals surface area contributed by atoms with Gasteiger partial charge in [-0.2, -0.15) is 0 Å². The number of nitrogens with zero attached hydrogens (tertiary/aromatic N) is 1. The average Bonchev–Trinajstić information content (AvgIpc) is 2.92. The lowest BCUT2D eigenvalue weighted by atomic mass is 9.91. The summed E-state index contributed by atoms with van der Waals surface area (Å²) in [6, 6.07) is 12.1. The zero-order valence-electron chi connectivity index (χ0n) is 17.0. The first kappa shape index (κ1) is 19.9. The van der Waals surface area contributed by atoms with Crippen molar-refractivity contribution >= 4 is 11.9 Å². The van der Waals surface area contributed by atoms with Gasteiger partial charge in [-0.25, -0.2) is 4.79 Å². The van der Waals surface area contributed by atoms with Gasteiger partial charge in [0.2, 0.25) is 0 Å². The molecule has 2 aliphatic rings. The summed E-state index contributed by atoms with van der Waals surface area (Å²) >= 11 is 0. The highest BCUT2D eigenvalue weighted by Crippen LogP contribution is 2.36. The molecule has 4 rings (SSSR count). The van der Waals surface area contributed by atoms with Crippen molar-refractivity contribution in [1.29, 1.82) is 0 Å². The molecule has 158 valence electrons. The molecule has 8 heteroatoms. The standard InChI is InChI=1S/C22H24N2O6/c1-22(15-8-9-18-19(14-15)29-12-5-11-28-18)20(25)24(21(26)23-22)10-13-30-17-7-4-3-6-16(17)27-2/h3-4,6-9,14H,5,10-13H2,1-2H3,(H,23,26)/t22-/m1/s1. The molecule has 2 heterocycles. The Balaban J connectivity index is 1.47. The predicted molar refractivity (Wildman–Crippen MR) is 108 cm³/mol. The lowest BCUT2D eigenvalue weighted by Gasteiger charge is -2.23. The van der Waals surface area contributed by atoms with Crippen LogP contribution in [0.15, 0.2) is 42.5 Å². The third kappa shape index (κ3) is 3.60. The number of carbonyl (C=O) groups excluding carboxylic acids is 2. The highest BCUT2D eigenvalue weighted by Gasteiger charge is 2.49. The lowest BCUT2D eigenvalue weighted by molar-refractivity contribution is -0.131. The fraction of sp³-hybridized carbons (Fsp3) is 0.364. The Labute approximate surface area is 174 Å². The monoisotopic (exact) mass is 412 g/mol. The molecule has 0 saturated carbocycles. The van der Waals surface area contributed by atoms with Crippen molar-refractivity contribution in [3.8, 4) is 23.0 Å². The Hall–Kier alpha value is -3.42. The fourth-order valence-electron chi connectivity index (χ4n) is 3.55. The maximum atomic E-state index is 13.1. The van der Waals surface area contributed by atoms with Gasteiger partial charge in [0.15, 0.2) is 23.0 Å². The van der Waals surface area contributed by atoms with Crippen molar-refractivity contribution in [3.63, 3.8) is 0 Å². The van der Waals surface area contributed by atoms with Crippen LogP contribution in [0.25, 0.3) is 0 Å². The fourth-order valence-corrected chi connectivity index (χ4v) is 3.55. The Morgan fingerprint density at radius 2 is 1.80 bits per heavy atom. The second-order valence-electron chi connectivity index (χ2n) is 7.22. The van der Waals surface area contributed by atoms with E-state index in [1.165, 1.54) is 4.90 Å². The largest absolute Gasteiger partial charge is 0.493 e. The van der Waals surface area contributed by atoms with Gasteiger partial charge in [-0.15, -0.1) is 0 Å². The Kier molecular flexibility index (Phi) is 5.39. The van der Waals surface area contributed by atoms with Gasteiger partial charge in [-0.05, 0) is 36.8 Å². The highest BCUT2D eigenvalue weighted by molar-refractivity contribution is 6.07. The van der Waals surface area contributed by atoms with E-state index in [0.717, 1.165) is 6.42 Å². The minimum absolute atomic E-state index is 0.114. The predicted octanol–water partition coefficient (Wildman–Crippen LogP) is 2.70. The molecule has 1 atom stereocenters. The van der Waals surface area contributed by atoms with Crippen molar-refractivity contribution in [2.24, 2.45) is 0 Å². The van der Waals surface area contributed by atoms with E-state index in [-0.39, 0.29) is 19.1 Å². The summed E-state index contributed by atoms with van der Waals surface area (Å²) in [5.74, 6) is 2.01. The van der Waals surface area contributed by atoms with Gasteiger partial charge in [0.1, 0.15) is 12.1 Å². The molecule has 30 heavy (non-hydrogen) atoms. The van der Waals surface area contributed by atoms with Crippen LogP contribution in [-0.4, -0.2) is 50.3 Å². The second-order valence-corrected chi connectivity index (χ2v) is 7.22. The van der Waals surface area contributed by atoms with Gasteiger partial charge in [0.25, 0.3) is 5.91 Å². The Morgan fingerprint density at radius 3 is 2.57 bits per heavy atom. The molecule has 1 fully saturated rings. The normalized spacial score (nSPS) is 20.5. The van der Waals surface area contributed by atoms with E-state index in [4.69, 9.17) is 18.9 Å². The van der Waals surface area contributed by atoms with Gasteiger partial charge < -0.3 is 24.3 Å². The molecule has 1 N–H and O–H groups in total. The van der Waals surface area contributed by atoms with Crippen LogP contribution in [0.2, 0.25) is 0 Å². The maximum absolute atomic E-state index is 13.1. The van der Waals surface area contributed by atoms with Crippen LogP contribution >= 0.6 is 0 Å². The number of amides is 3. The van der Waals surface area contributed by atoms with Crippen LogP contribution < -0.4 is 24.3 Å². The molecule has 1 saturated heterocycles. The van der Waals surface area contributed by atoms with E-state index in [1.54, 1.807) is 44.4 Å². The number of rotatable bonds is 6. The number of imide groups is 1. The molecule has 2 aromatic carbocycles. The van der Waals surface area contributed by atoms with Crippen molar-refractivity contribution in [1.82, 2.24) is 10.2 Å². The minimum atomic E-state index is -1.19. The van der Waals surface area contributed by atoms with Crippen molar-refractivity contribution in [3.05, 3.63) is 48.0 Å². The average molecular weight is 412 g/mol. The number of urea groups is 1. The molecule has 0 radical (unpaired) electrons. The third-order valence-electron chi connectivity index (χ3n) is 5.24. The minimum Gasteiger partial charge on any atom is -0.493 e. The molecule has 0 unspecified atom stereocenters. The number of ether oxygens (including phenoxy) is 4. The summed E-state index contributed by atoms with van der Waals surface area (Å²) in [5.41, 5.74) is -0.551. The number of para-hydroxylation sites is 2. The molecule has 8 nitrogen and oxygen atoms in total. The number of fused-ring (bicyclic) bond motifs is 1. The van der Waals surface area contributed by atoms with Crippen LogP contribution in [0, 0.1) is 0 Å². The van der Waals surface area contributed by atoms with Crippen LogP contribution in [0.4, 0.5) is 4.79 Å². The van der Waals surface area contributed by atoms with Gasteiger partial charge in [-0.1, -0.05) is 18.2 Å². The van der Waals surface area contributed by atoms with Gasteiger partial charge >= 0.3 is 6.03 Å². The van der Waals surface area contributed by atoms with E-state index in [2.05, 4.69) is 5.32 Å². The third-order valence-corrected chi connectivity index (χ3v) is 5.24. The number of carbonyl (C=O) groups is 2. The number of nitrogens with one attached hydrogen (secondary N) is 1. The number of methoxy groups -OCH3 is 1. The number of hydrogen-bond donors (Lipinski definition) is 1. The summed E-state index contributed by atoms with van der Waals surface area (Å²) in [7, 11) is 1.56. The van der Waals surface area contributed by atoms with Crippen LogP contribution in [0.3, 0.4) is 0 Å². The molecule has 2 aliphatic heterocycles. The maximum Gasteiger partial charge on any atom is 0.325 e. The van der Waals surface area contributed by atoms with E-state index < -0.39 is 11.6 Å². The molecule has 0 bridgehead atoms. The van der Waals surface area contributed by atoms with E-state index in [1.807, 2.05) is 12.1 Å². The van der Waals surface area contributed by atoms with E-state index in [0.29, 0.717) is 41.8 Å². The molecule has 0 aromatic heterocycles. The SMILES string of the molecule is COc1ccccc1OCCN1C(=O)N[C@](C)(c2ccc3c(c2)OCCCO3)C1=O. The molecule has 0 spiro atoms. The smallest absolute Gasteiger partial charge is 0.325 e. The summed E-state index contributed by atoms with van der Waals surface area (Å²) in [4.78, 5) is 26.8. The van der Waals surface area contributed by atoms with E-state index in [9.17, 15) is 9.59 Å². The topological polar surface area (TPSA) is 86.3 Å². The first-order chi connectivity index (χ1) is 14.5. The van der Waals surface area contributed by atoms with Crippen LogP contribution in [-0.2, 0) is 10.3 Å². The Bertz CT molecular complexity index is 962. The summed E-state index contributed by atoms with van der Waals surface area (Å²) in [5, 5.41) is 2.80. The van der Waals surface area contributed by atoms with Crippen molar-refractivity contribution in [2.75, 3.05) is 33.5 Å². The van der Waals surface area contributed by atoms with Crippen LogP contribution in [0.5, 0.6) is 23.0 Å². The summed E-state index contributed by atoms with van der Waals surface area (Å²) < 4.78 is 22.3. The summed E-state index contributed by atoms with van der Waals surface area (Å²) in [6.07, 6.45) is 0.789. The lowest BCUT2D eigenvalue weighted by Crippen LogP contribution is -2.41. The number of benzene rings is 2. The highest BCUT2D eigenvalue weighted by atomic mass is 16.5. The molecule has 0 aliphatic carbocycles. The quantitative estimate of drug-likeness (QED) is 0.735. The van der Waals surface area contributed by atoms with Gasteiger partial charge in [0.05, 0.1) is 26.9 Å². The van der Waals surface area contributed by atoms with Gasteiger partial charge in [0, 0.05) is 6.42 Å². The zero-order chi connectivity index (χ0) is 21.1. The molecule has 3 amide bonds. The summed E-state index contributed by atoms with van der Waals surface area (Å²) in [6.45, 7) is 3.08. The number of hydrogen-bond acceptors (Lipinski definition) is 6. The first-order valence-corrected chi connectivity index (χ1v) is 9.83. The van der Waals surface area contributed by atoms with Crippen molar-refractivity contribution in [2.45, 2.75) is 18.9 Å². The van der Waals surface area contributed by atoms with E-state index >= 15 is 0 Å². The molecular weight excluding hydrogens is 388 g/mol. The molecular formula is C22H24N2O6. The second kappa shape index (κ2) is 8.14. The van der Waals surface area contributed by atoms with Gasteiger partial charge in [-0.3, -0.25) is 9.69 Å². The zero-order valence-corrected chi connectivity index (χ0v) is 17.0.